The summed E-state index contributed by atoms with van der Waals surface area (Å²) in [4.78, 5) is 21.9. The zero-order valence-electron chi connectivity index (χ0n) is 12.9. The van der Waals surface area contributed by atoms with Crippen LogP contribution in [0.15, 0.2) is 36.4 Å². The standard InChI is InChI=1S/C16H14F2N2O4/c1-9(10-3-6-15(24-2)14(18)7-10)19-16(21)12-5-4-11(20(22)23)8-13(12)17/h3-9H,1-2H3,(H,19,21). The third-order valence-electron chi connectivity index (χ3n) is 3.43. The van der Waals surface area contributed by atoms with Crippen molar-refractivity contribution in [2.24, 2.45) is 0 Å². The van der Waals surface area contributed by atoms with Crippen LogP contribution in [0.25, 0.3) is 0 Å². The minimum absolute atomic E-state index is 0.0682. The molecule has 0 radical (unpaired) electrons. The number of hydrogen-bond acceptors (Lipinski definition) is 4. The lowest BCUT2D eigenvalue weighted by Gasteiger charge is -2.15. The number of nitro groups is 1. The molecule has 0 bridgehead atoms. The second kappa shape index (κ2) is 7.03. The van der Waals surface area contributed by atoms with E-state index in [1.807, 2.05) is 0 Å². The van der Waals surface area contributed by atoms with Crippen molar-refractivity contribution in [1.82, 2.24) is 5.32 Å². The van der Waals surface area contributed by atoms with Crippen molar-refractivity contribution in [2.75, 3.05) is 7.11 Å². The summed E-state index contributed by atoms with van der Waals surface area (Å²) in [5.74, 6) is -2.28. The van der Waals surface area contributed by atoms with E-state index in [0.29, 0.717) is 11.6 Å². The molecule has 0 aliphatic rings. The van der Waals surface area contributed by atoms with Gasteiger partial charge in [-0.3, -0.25) is 14.9 Å². The number of carbonyl (C=O) groups excluding carboxylic acids is 1. The van der Waals surface area contributed by atoms with Gasteiger partial charge in [-0.2, -0.15) is 0 Å². The number of non-ortho nitro benzene ring substituents is 1. The Kier molecular flexibility index (Phi) is 5.08. The van der Waals surface area contributed by atoms with Gasteiger partial charge >= 0.3 is 0 Å². The van der Waals surface area contributed by atoms with Crippen LogP contribution in [0.2, 0.25) is 0 Å². The fraction of sp³-hybridized carbons (Fsp3) is 0.188. The lowest BCUT2D eigenvalue weighted by molar-refractivity contribution is -0.385. The molecule has 0 saturated carbocycles. The lowest BCUT2D eigenvalue weighted by atomic mass is 10.1. The Morgan fingerprint density at radius 1 is 1.21 bits per heavy atom. The van der Waals surface area contributed by atoms with Gasteiger partial charge in [0.05, 0.1) is 29.7 Å². The van der Waals surface area contributed by atoms with Crippen molar-refractivity contribution in [1.29, 1.82) is 0 Å². The lowest BCUT2D eigenvalue weighted by Crippen LogP contribution is -2.27. The highest BCUT2D eigenvalue weighted by Gasteiger charge is 2.19. The first-order chi connectivity index (χ1) is 11.3. The average Bonchev–Trinajstić information content (AvgIpc) is 2.54. The van der Waals surface area contributed by atoms with E-state index in [0.717, 1.165) is 12.1 Å². The molecule has 0 aliphatic heterocycles. The molecule has 24 heavy (non-hydrogen) atoms. The van der Waals surface area contributed by atoms with Crippen molar-refractivity contribution in [3.05, 3.63) is 69.3 Å². The number of benzene rings is 2. The molecule has 2 aromatic carbocycles. The van der Waals surface area contributed by atoms with Gasteiger partial charge in [0.2, 0.25) is 0 Å². The van der Waals surface area contributed by atoms with Crippen molar-refractivity contribution < 1.29 is 23.2 Å². The summed E-state index contributed by atoms with van der Waals surface area (Å²) in [6.45, 7) is 1.60. The van der Waals surface area contributed by atoms with Gasteiger partial charge in [-0.25, -0.2) is 8.78 Å². The van der Waals surface area contributed by atoms with Crippen molar-refractivity contribution in [3.8, 4) is 5.75 Å². The topological polar surface area (TPSA) is 81.5 Å². The maximum Gasteiger partial charge on any atom is 0.272 e. The normalized spacial score (nSPS) is 11.7. The number of ether oxygens (including phenoxy) is 1. The predicted molar refractivity (Wildman–Crippen MR) is 81.9 cm³/mol. The van der Waals surface area contributed by atoms with E-state index in [1.54, 1.807) is 13.0 Å². The first kappa shape index (κ1) is 17.3. The SMILES string of the molecule is COc1ccc(C(C)NC(=O)c2ccc([N+](=O)[O-])cc2F)cc1F. The first-order valence-corrected chi connectivity index (χ1v) is 6.91. The van der Waals surface area contributed by atoms with Gasteiger partial charge < -0.3 is 10.1 Å². The van der Waals surface area contributed by atoms with Gasteiger partial charge in [0.1, 0.15) is 5.82 Å². The molecule has 0 fully saturated rings. The van der Waals surface area contributed by atoms with E-state index in [2.05, 4.69) is 5.32 Å². The zero-order valence-corrected chi connectivity index (χ0v) is 12.9. The minimum Gasteiger partial charge on any atom is -0.494 e. The molecule has 1 unspecified atom stereocenters. The van der Waals surface area contributed by atoms with E-state index < -0.39 is 34.2 Å². The summed E-state index contributed by atoms with van der Waals surface area (Å²) in [5, 5.41) is 13.1. The first-order valence-electron chi connectivity index (χ1n) is 6.91. The molecule has 2 rings (SSSR count). The maximum absolute atomic E-state index is 13.8. The number of carbonyl (C=O) groups is 1. The van der Waals surface area contributed by atoms with Crippen molar-refractivity contribution >= 4 is 11.6 Å². The minimum atomic E-state index is -1.00. The highest BCUT2D eigenvalue weighted by molar-refractivity contribution is 5.94. The summed E-state index contributed by atoms with van der Waals surface area (Å²) in [7, 11) is 1.33. The quantitative estimate of drug-likeness (QED) is 0.670. The summed E-state index contributed by atoms with van der Waals surface area (Å²) in [5.41, 5.74) is -0.320. The summed E-state index contributed by atoms with van der Waals surface area (Å²) in [6, 6.07) is 6.33. The molecule has 0 heterocycles. The molecule has 1 amide bonds. The molecule has 0 spiro atoms. The Hall–Kier alpha value is -3.03. The summed E-state index contributed by atoms with van der Waals surface area (Å²) < 4.78 is 32.3. The van der Waals surface area contributed by atoms with E-state index in [4.69, 9.17) is 4.74 Å². The molecule has 1 N–H and O–H groups in total. The van der Waals surface area contributed by atoms with E-state index in [9.17, 15) is 23.7 Å². The molecule has 6 nitrogen and oxygen atoms in total. The highest BCUT2D eigenvalue weighted by Crippen LogP contribution is 2.22. The molecule has 0 aliphatic carbocycles. The second-order valence-electron chi connectivity index (χ2n) is 5.01. The Morgan fingerprint density at radius 2 is 1.92 bits per heavy atom. The van der Waals surface area contributed by atoms with E-state index in [1.165, 1.54) is 19.2 Å². The molecular formula is C16H14F2N2O4. The van der Waals surface area contributed by atoms with Crippen LogP contribution >= 0.6 is 0 Å². The fourth-order valence-electron chi connectivity index (χ4n) is 2.11. The van der Waals surface area contributed by atoms with Gasteiger partial charge in [-0.1, -0.05) is 6.07 Å². The van der Waals surface area contributed by atoms with Crippen molar-refractivity contribution in [3.63, 3.8) is 0 Å². The Bertz CT molecular complexity index is 796. The van der Waals surface area contributed by atoms with E-state index in [-0.39, 0.29) is 11.3 Å². The van der Waals surface area contributed by atoms with Crippen LogP contribution in [0.3, 0.4) is 0 Å². The number of nitrogens with one attached hydrogen (secondary N) is 1. The monoisotopic (exact) mass is 336 g/mol. The third kappa shape index (κ3) is 3.65. The van der Waals surface area contributed by atoms with Gasteiger partial charge in [0, 0.05) is 6.07 Å². The second-order valence-corrected chi connectivity index (χ2v) is 5.01. The highest BCUT2D eigenvalue weighted by atomic mass is 19.1. The maximum atomic E-state index is 13.8. The fourth-order valence-corrected chi connectivity index (χ4v) is 2.11. The molecule has 0 saturated heterocycles. The Balaban J connectivity index is 2.17. The number of hydrogen-bond donors (Lipinski definition) is 1. The van der Waals surface area contributed by atoms with Gasteiger partial charge in [0.15, 0.2) is 11.6 Å². The molecule has 0 aromatic heterocycles. The van der Waals surface area contributed by atoms with Gasteiger partial charge in [0.25, 0.3) is 11.6 Å². The number of halogens is 2. The number of methoxy groups -OCH3 is 1. The molecule has 8 heteroatoms. The van der Waals surface area contributed by atoms with Gasteiger partial charge in [-0.15, -0.1) is 0 Å². The average molecular weight is 336 g/mol. The zero-order chi connectivity index (χ0) is 17.9. The summed E-state index contributed by atoms with van der Waals surface area (Å²) in [6.07, 6.45) is 0. The largest absolute Gasteiger partial charge is 0.494 e. The number of nitrogens with zero attached hydrogens (tertiary/aromatic N) is 1. The number of rotatable bonds is 5. The van der Waals surface area contributed by atoms with Crippen LogP contribution in [-0.4, -0.2) is 17.9 Å². The molecule has 2 aromatic rings. The molecular weight excluding hydrogens is 322 g/mol. The predicted octanol–water partition coefficient (Wildman–Crippen LogP) is 3.37. The van der Waals surface area contributed by atoms with Crippen LogP contribution in [0.5, 0.6) is 5.75 Å². The Morgan fingerprint density at radius 3 is 2.46 bits per heavy atom. The van der Waals surface area contributed by atoms with E-state index >= 15 is 0 Å². The van der Waals surface area contributed by atoms with Crippen LogP contribution in [0.4, 0.5) is 14.5 Å². The number of amides is 1. The van der Waals surface area contributed by atoms with Crippen LogP contribution in [0.1, 0.15) is 28.9 Å². The Labute approximate surface area is 136 Å². The molecule has 126 valence electrons. The van der Waals surface area contributed by atoms with Crippen LogP contribution in [-0.2, 0) is 0 Å². The smallest absolute Gasteiger partial charge is 0.272 e. The van der Waals surface area contributed by atoms with Crippen LogP contribution < -0.4 is 10.1 Å². The van der Waals surface area contributed by atoms with Crippen molar-refractivity contribution in [2.45, 2.75) is 13.0 Å². The van der Waals surface area contributed by atoms with Gasteiger partial charge in [-0.05, 0) is 30.7 Å². The van der Waals surface area contributed by atoms with Crippen LogP contribution in [0, 0.1) is 21.7 Å². The molecule has 1 atom stereocenters. The summed E-state index contributed by atoms with van der Waals surface area (Å²) >= 11 is 0. The third-order valence-corrected chi connectivity index (χ3v) is 3.43. The number of nitro benzene ring substituents is 1.